The molecule has 1 N–H and O–H groups in total. The molecule has 0 aliphatic heterocycles. The van der Waals surface area contributed by atoms with Crippen LogP contribution < -0.4 is 0 Å². The number of aromatic hydroxyl groups is 1. The third-order valence-corrected chi connectivity index (χ3v) is 5.32. The number of aromatic nitrogens is 3. The van der Waals surface area contributed by atoms with Crippen molar-refractivity contribution < 1.29 is 14.6 Å². The van der Waals surface area contributed by atoms with Crippen molar-refractivity contribution in [3.05, 3.63) is 53.9 Å². The number of amides is 1. The summed E-state index contributed by atoms with van der Waals surface area (Å²) in [5.41, 5.74) is 3.20. The lowest BCUT2D eigenvalue weighted by Crippen LogP contribution is -2.05. The van der Waals surface area contributed by atoms with Gasteiger partial charge in [0, 0.05) is 30.6 Å². The van der Waals surface area contributed by atoms with Crippen molar-refractivity contribution in [2.45, 2.75) is 33.9 Å². The molecule has 0 saturated heterocycles. The van der Waals surface area contributed by atoms with Crippen LogP contribution in [0.2, 0.25) is 0 Å². The number of rotatable bonds is 7. The van der Waals surface area contributed by atoms with Crippen LogP contribution in [0.1, 0.15) is 30.0 Å². The van der Waals surface area contributed by atoms with Gasteiger partial charge in [0.25, 0.3) is 5.91 Å². The van der Waals surface area contributed by atoms with Crippen LogP contribution in [0.3, 0.4) is 0 Å². The highest BCUT2D eigenvalue weighted by atomic mass is 16.5. The van der Waals surface area contributed by atoms with Crippen LogP contribution in [0.5, 0.6) is 5.88 Å². The third-order valence-electron chi connectivity index (χ3n) is 5.32. The zero-order valence-electron chi connectivity index (χ0n) is 17.9. The van der Waals surface area contributed by atoms with E-state index in [4.69, 9.17) is 4.74 Å². The Balaban J connectivity index is 1.66. The highest BCUT2D eigenvalue weighted by Crippen LogP contribution is 2.38. The molecule has 4 aromatic rings. The second kappa shape index (κ2) is 8.69. The Labute approximate surface area is 179 Å². The summed E-state index contributed by atoms with van der Waals surface area (Å²) in [6, 6.07) is 12.8. The van der Waals surface area contributed by atoms with Gasteiger partial charge in [0.05, 0.1) is 23.2 Å². The average molecular weight is 419 g/mol. The first-order valence-electron chi connectivity index (χ1n) is 10.4. The molecule has 1 amide bonds. The molecule has 8 heteroatoms. The van der Waals surface area contributed by atoms with Gasteiger partial charge in [-0.05, 0) is 45.0 Å². The van der Waals surface area contributed by atoms with Gasteiger partial charge in [0.2, 0.25) is 5.88 Å². The van der Waals surface area contributed by atoms with E-state index in [9.17, 15) is 9.90 Å². The number of carbonyl (C=O) groups is 1. The van der Waals surface area contributed by atoms with Crippen LogP contribution in [-0.2, 0) is 17.8 Å². The van der Waals surface area contributed by atoms with E-state index in [-0.39, 0.29) is 11.6 Å². The minimum atomic E-state index is -0.490. The molecule has 4 rings (SSSR count). The van der Waals surface area contributed by atoms with Crippen molar-refractivity contribution >= 4 is 33.5 Å². The number of aryl methyl sites for hydroxylation is 2. The first kappa shape index (κ1) is 20.7. The summed E-state index contributed by atoms with van der Waals surface area (Å²) in [6.07, 6.45) is 0. The van der Waals surface area contributed by atoms with Gasteiger partial charge >= 0.3 is 0 Å². The number of imidazole rings is 1. The quantitative estimate of drug-likeness (QED) is 0.337. The maximum atomic E-state index is 12.7. The fourth-order valence-corrected chi connectivity index (χ4v) is 3.83. The minimum Gasteiger partial charge on any atom is -0.493 e. The summed E-state index contributed by atoms with van der Waals surface area (Å²) in [4.78, 5) is 17.2. The number of hydrogen-bond donors (Lipinski definition) is 1. The molecule has 0 unspecified atom stereocenters. The second-order valence-electron chi connectivity index (χ2n) is 7.15. The van der Waals surface area contributed by atoms with Crippen LogP contribution in [0.4, 0.5) is 5.69 Å². The van der Waals surface area contributed by atoms with Gasteiger partial charge in [-0.2, -0.15) is 0 Å². The van der Waals surface area contributed by atoms with E-state index >= 15 is 0 Å². The molecular weight excluding hydrogens is 394 g/mol. The van der Waals surface area contributed by atoms with Crippen molar-refractivity contribution in [3.63, 3.8) is 0 Å². The molecule has 0 bridgehead atoms. The van der Waals surface area contributed by atoms with E-state index in [1.165, 1.54) is 0 Å². The van der Waals surface area contributed by atoms with Crippen molar-refractivity contribution in [1.82, 2.24) is 14.1 Å². The van der Waals surface area contributed by atoms with Gasteiger partial charge < -0.3 is 19.0 Å². The van der Waals surface area contributed by atoms with Gasteiger partial charge in [-0.15, -0.1) is 10.2 Å². The molecule has 160 valence electrons. The number of fused-ring (bicyclic) bond motifs is 2. The van der Waals surface area contributed by atoms with Gasteiger partial charge in [0.15, 0.2) is 5.69 Å². The van der Waals surface area contributed by atoms with E-state index in [2.05, 4.69) is 26.7 Å². The monoisotopic (exact) mass is 419 g/mol. The largest absolute Gasteiger partial charge is 0.493 e. The predicted octanol–water partition coefficient (Wildman–Crippen LogP) is 4.99. The molecule has 0 radical (unpaired) electrons. The number of nitrogens with zero attached hydrogens (tertiary/aromatic N) is 5. The number of ether oxygens (including phenoxy) is 1. The summed E-state index contributed by atoms with van der Waals surface area (Å²) >= 11 is 0. The van der Waals surface area contributed by atoms with Crippen molar-refractivity contribution in [1.29, 1.82) is 0 Å². The lowest BCUT2D eigenvalue weighted by molar-refractivity contribution is 0.0995. The molecule has 8 nitrogen and oxygen atoms in total. The molecule has 2 aromatic carbocycles. The zero-order valence-corrected chi connectivity index (χ0v) is 17.9. The van der Waals surface area contributed by atoms with Gasteiger partial charge in [-0.3, -0.25) is 4.79 Å². The predicted molar refractivity (Wildman–Crippen MR) is 119 cm³/mol. The molecule has 0 aliphatic carbocycles. The van der Waals surface area contributed by atoms with E-state index in [1.807, 2.05) is 44.2 Å². The fourth-order valence-electron chi connectivity index (χ4n) is 3.83. The normalized spacial score (nSPS) is 11.8. The van der Waals surface area contributed by atoms with Gasteiger partial charge in [-0.25, -0.2) is 4.98 Å². The summed E-state index contributed by atoms with van der Waals surface area (Å²) < 4.78 is 9.21. The van der Waals surface area contributed by atoms with Gasteiger partial charge in [0.1, 0.15) is 5.82 Å². The van der Waals surface area contributed by atoms with Crippen LogP contribution in [0.25, 0.3) is 21.9 Å². The Morgan fingerprint density at radius 2 is 1.94 bits per heavy atom. The first-order chi connectivity index (χ1) is 15.0. The third kappa shape index (κ3) is 3.82. The van der Waals surface area contributed by atoms with E-state index in [1.54, 1.807) is 16.7 Å². The van der Waals surface area contributed by atoms with E-state index in [0.717, 1.165) is 34.3 Å². The highest BCUT2D eigenvalue weighted by molar-refractivity contribution is 5.99. The Bertz CT molecular complexity index is 1290. The highest BCUT2D eigenvalue weighted by Gasteiger charge is 2.17. The minimum absolute atomic E-state index is 0.0368. The molecule has 2 heterocycles. The number of benzene rings is 2. The Morgan fingerprint density at radius 3 is 2.71 bits per heavy atom. The summed E-state index contributed by atoms with van der Waals surface area (Å²) in [5.74, 6) is 0.370. The van der Waals surface area contributed by atoms with E-state index in [0.29, 0.717) is 25.3 Å². The second-order valence-corrected chi connectivity index (χ2v) is 7.15. The van der Waals surface area contributed by atoms with Crippen LogP contribution in [0.15, 0.2) is 52.7 Å². The lowest BCUT2D eigenvalue weighted by atomic mass is 10.2. The standard InChI is InChI=1S/C23H25N5O3/c1-4-27-15(3)24-18-14-16(10-11-20(18)27)22(29)26-25-21-17-8-6-7-9-19(17)28(23(21)30)12-13-31-5-2/h6-11,14,30H,4-5,12-13H2,1-3H3. The number of hydrogen-bond acceptors (Lipinski definition) is 5. The molecule has 0 aliphatic rings. The molecule has 0 spiro atoms. The Kier molecular flexibility index (Phi) is 5.81. The average Bonchev–Trinajstić information content (AvgIpc) is 3.24. The number of carbonyl (C=O) groups excluding carboxylic acids is 1. The van der Waals surface area contributed by atoms with Crippen LogP contribution in [0, 0.1) is 6.92 Å². The van der Waals surface area contributed by atoms with Crippen molar-refractivity contribution in [3.8, 4) is 5.88 Å². The van der Waals surface area contributed by atoms with E-state index < -0.39 is 5.91 Å². The number of azo groups is 1. The fraction of sp³-hybridized carbons (Fsp3) is 0.304. The topological polar surface area (TPSA) is 94.0 Å². The van der Waals surface area contributed by atoms with Crippen molar-refractivity contribution in [2.24, 2.45) is 10.2 Å². The summed E-state index contributed by atoms with van der Waals surface area (Å²) in [7, 11) is 0. The first-order valence-corrected chi connectivity index (χ1v) is 10.4. The molecule has 2 aromatic heterocycles. The van der Waals surface area contributed by atoms with Crippen LogP contribution >= 0.6 is 0 Å². The SMILES string of the molecule is CCOCCn1c(O)c(N=NC(=O)c2ccc3c(c2)nc(C)n3CC)c2ccccc21. The maximum absolute atomic E-state index is 12.7. The molecule has 31 heavy (non-hydrogen) atoms. The van der Waals surface area contributed by atoms with Crippen LogP contribution in [-0.4, -0.2) is 38.3 Å². The molecule has 0 atom stereocenters. The zero-order chi connectivity index (χ0) is 22.0. The molecule has 0 saturated carbocycles. The Hall–Kier alpha value is -3.52. The summed E-state index contributed by atoms with van der Waals surface area (Å²) in [5, 5.41) is 19.5. The maximum Gasteiger partial charge on any atom is 0.295 e. The smallest absolute Gasteiger partial charge is 0.295 e. The van der Waals surface area contributed by atoms with Gasteiger partial charge in [-0.1, -0.05) is 18.2 Å². The number of para-hydroxylation sites is 1. The molecular formula is C23H25N5O3. The lowest BCUT2D eigenvalue weighted by Gasteiger charge is -2.06. The van der Waals surface area contributed by atoms with Crippen molar-refractivity contribution in [2.75, 3.05) is 13.2 Å². The molecule has 0 fully saturated rings. The summed E-state index contributed by atoms with van der Waals surface area (Å²) in [6.45, 7) is 8.25. The Morgan fingerprint density at radius 1 is 1.13 bits per heavy atom.